The molecule has 1 unspecified atom stereocenters. The number of piperidine rings is 1. The van der Waals surface area contributed by atoms with Crippen LogP contribution in [0.4, 0.5) is 5.69 Å². The Bertz CT molecular complexity index is 581. The van der Waals surface area contributed by atoms with E-state index in [1.807, 2.05) is 35.2 Å². The highest BCUT2D eigenvalue weighted by molar-refractivity contribution is 5.93. The molecule has 1 heterocycles. The van der Waals surface area contributed by atoms with Crippen LogP contribution in [0, 0.1) is 11.8 Å². The average molecular weight is 357 g/mol. The summed E-state index contributed by atoms with van der Waals surface area (Å²) in [5.41, 5.74) is 0.827. The Hall–Kier alpha value is -1.84. The van der Waals surface area contributed by atoms with E-state index in [9.17, 15) is 9.59 Å². The van der Waals surface area contributed by atoms with Crippen LogP contribution in [-0.4, -0.2) is 29.8 Å². The van der Waals surface area contributed by atoms with Gasteiger partial charge in [0.25, 0.3) is 0 Å². The lowest BCUT2D eigenvalue weighted by Crippen LogP contribution is -2.43. The van der Waals surface area contributed by atoms with Crippen molar-refractivity contribution in [3.8, 4) is 0 Å². The first kappa shape index (κ1) is 18.9. The molecule has 4 heteroatoms. The summed E-state index contributed by atoms with van der Waals surface area (Å²) < 4.78 is 0. The standard InChI is InChI=1S/C22H32N2O2/c25-21(15-7-11-18-9-3-1-4-10-18)24-16-8-12-19(17-24)22(26)23-20-13-5-2-6-14-20/h2,5-6,13-14,18-19H,1,3-4,7-12,15-17H2,(H,23,26). The van der Waals surface area contributed by atoms with Gasteiger partial charge in [0.15, 0.2) is 0 Å². The predicted octanol–water partition coefficient (Wildman–Crippen LogP) is 4.61. The van der Waals surface area contributed by atoms with E-state index < -0.39 is 0 Å². The number of para-hydroxylation sites is 1. The van der Waals surface area contributed by atoms with Gasteiger partial charge in [0.1, 0.15) is 0 Å². The van der Waals surface area contributed by atoms with E-state index >= 15 is 0 Å². The van der Waals surface area contributed by atoms with Crippen molar-refractivity contribution in [1.29, 1.82) is 0 Å². The average Bonchev–Trinajstić information content (AvgIpc) is 2.69. The van der Waals surface area contributed by atoms with Gasteiger partial charge in [-0.25, -0.2) is 0 Å². The van der Waals surface area contributed by atoms with Gasteiger partial charge in [0.05, 0.1) is 5.92 Å². The van der Waals surface area contributed by atoms with Crippen LogP contribution in [0.3, 0.4) is 0 Å². The molecule has 3 rings (SSSR count). The Morgan fingerprint density at radius 1 is 1.00 bits per heavy atom. The van der Waals surface area contributed by atoms with Gasteiger partial charge in [0.2, 0.25) is 11.8 Å². The molecule has 4 nitrogen and oxygen atoms in total. The second-order valence-corrected chi connectivity index (χ2v) is 7.93. The maximum atomic E-state index is 12.6. The zero-order valence-corrected chi connectivity index (χ0v) is 15.8. The maximum Gasteiger partial charge on any atom is 0.229 e. The van der Waals surface area contributed by atoms with Gasteiger partial charge in [0, 0.05) is 25.2 Å². The second kappa shape index (κ2) is 9.75. The molecule has 1 aromatic rings. The van der Waals surface area contributed by atoms with Gasteiger partial charge in [-0.05, 0) is 43.7 Å². The first-order valence-corrected chi connectivity index (χ1v) is 10.4. The lowest BCUT2D eigenvalue weighted by molar-refractivity contribution is -0.134. The number of carbonyl (C=O) groups excluding carboxylic acids is 2. The predicted molar refractivity (Wildman–Crippen MR) is 105 cm³/mol. The minimum atomic E-state index is -0.0914. The van der Waals surface area contributed by atoms with Crippen LogP contribution in [0.15, 0.2) is 30.3 Å². The quantitative estimate of drug-likeness (QED) is 0.809. The molecule has 1 N–H and O–H groups in total. The summed E-state index contributed by atoms with van der Waals surface area (Å²) in [4.78, 5) is 27.0. The van der Waals surface area contributed by atoms with Crippen molar-refractivity contribution in [3.63, 3.8) is 0 Å². The van der Waals surface area contributed by atoms with Crippen molar-refractivity contribution >= 4 is 17.5 Å². The summed E-state index contributed by atoms with van der Waals surface area (Å²) in [5.74, 6) is 1.02. The largest absolute Gasteiger partial charge is 0.342 e. The molecule has 142 valence electrons. The Morgan fingerprint density at radius 2 is 1.77 bits per heavy atom. The van der Waals surface area contributed by atoms with Gasteiger partial charge in [-0.1, -0.05) is 50.3 Å². The van der Waals surface area contributed by atoms with E-state index in [0.717, 1.165) is 37.4 Å². The second-order valence-electron chi connectivity index (χ2n) is 7.93. The van der Waals surface area contributed by atoms with Gasteiger partial charge < -0.3 is 10.2 Å². The fraction of sp³-hybridized carbons (Fsp3) is 0.636. The van der Waals surface area contributed by atoms with Crippen LogP contribution in [0.1, 0.15) is 64.2 Å². The van der Waals surface area contributed by atoms with Crippen LogP contribution in [0.2, 0.25) is 0 Å². The monoisotopic (exact) mass is 356 g/mol. The van der Waals surface area contributed by atoms with E-state index in [1.54, 1.807) is 0 Å². The highest BCUT2D eigenvalue weighted by Gasteiger charge is 2.28. The summed E-state index contributed by atoms with van der Waals surface area (Å²) in [7, 11) is 0. The van der Waals surface area contributed by atoms with Crippen molar-refractivity contribution in [3.05, 3.63) is 30.3 Å². The molecule has 0 aromatic heterocycles. The molecule has 1 saturated heterocycles. The molecule has 1 saturated carbocycles. The van der Waals surface area contributed by atoms with Crippen LogP contribution in [-0.2, 0) is 9.59 Å². The zero-order chi connectivity index (χ0) is 18.2. The minimum absolute atomic E-state index is 0.0379. The highest BCUT2D eigenvalue weighted by atomic mass is 16.2. The number of hydrogen-bond acceptors (Lipinski definition) is 2. The fourth-order valence-corrected chi connectivity index (χ4v) is 4.36. The Morgan fingerprint density at radius 3 is 2.54 bits per heavy atom. The summed E-state index contributed by atoms with van der Waals surface area (Å²) in [6.07, 6.45) is 11.4. The minimum Gasteiger partial charge on any atom is -0.342 e. The Labute approximate surface area is 157 Å². The van der Waals surface area contributed by atoms with Crippen LogP contribution in [0.25, 0.3) is 0 Å². The number of likely N-dealkylation sites (tertiary alicyclic amines) is 1. The third-order valence-electron chi connectivity index (χ3n) is 5.91. The van der Waals surface area contributed by atoms with Gasteiger partial charge in [-0.3, -0.25) is 9.59 Å². The maximum absolute atomic E-state index is 12.6. The normalized spacial score (nSPS) is 21.4. The third kappa shape index (κ3) is 5.58. The molecule has 1 aliphatic carbocycles. The van der Waals surface area contributed by atoms with Gasteiger partial charge >= 0.3 is 0 Å². The molecule has 2 fully saturated rings. The molecule has 0 bridgehead atoms. The van der Waals surface area contributed by atoms with Crippen molar-refractivity contribution in [2.45, 2.75) is 64.2 Å². The Kier molecular flexibility index (Phi) is 7.10. The summed E-state index contributed by atoms with van der Waals surface area (Å²) in [5, 5.41) is 2.98. The molecule has 1 aromatic carbocycles. The van der Waals surface area contributed by atoms with E-state index in [2.05, 4.69) is 5.32 Å². The summed E-state index contributed by atoms with van der Waals surface area (Å²) in [6, 6.07) is 9.56. The first-order chi connectivity index (χ1) is 12.7. The first-order valence-electron chi connectivity index (χ1n) is 10.4. The molecule has 0 spiro atoms. The van der Waals surface area contributed by atoms with Crippen LogP contribution >= 0.6 is 0 Å². The zero-order valence-electron chi connectivity index (χ0n) is 15.8. The number of nitrogens with one attached hydrogen (secondary N) is 1. The summed E-state index contributed by atoms with van der Waals surface area (Å²) >= 11 is 0. The number of rotatable bonds is 6. The SMILES string of the molecule is O=C(Nc1ccccc1)C1CCCN(C(=O)CCCC2CCCCC2)C1. The molecule has 0 radical (unpaired) electrons. The van der Waals surface area contributed by atoms with E-state index in [1.165, 1.54) is 38.5 Å². The van der Waals surface area contributed by atoms with Crippen molar-refractivity contribution in [2.75, 3.05) is 18.4 Å². The van der Waals surface area contributed by atoms with Gasteiger partial charge in [-0.15, -0.1) is 0 Å². The third-order valence-corrected chi connectivity index (χ3v) is 5.91. The fourth-order valence-electron chi connectivity index (χ4n) is 4.36. The van der Waals surface area contributed by atoms with Crippen LogP contribution < -0.4 is 5.32 Å². The number of anilines is 1. The summed E-state index contributed by atoms with van der Waals surface area (Å²) in [6.45, 7) is 1.37. The number of hydrogen-bond donors (Lipinski definition) is 1. The lowest BCUT2D eigenvalue weighted by Gasteiger charge is -2.32. The number of benzene rings is 1. The number of nitrogens with zero attached hydrogens (tertiary/aromatic N) is 1. The lowest BCUT2D eigenvalue weighted by atomic mass is 9.86. The molecule has 2 amide bonds. The highest BCUT2D eigenvalue weighted by Crippen LogP contribution is 2.28. The van der Waals surface area contributed by atoms with E-state index in [-0.39, 0.29) is 17.7 Å². The molecule has 26 heavy (non-hydrogen) atoms. The van der Waals surface area contributed by atoms with Gasteiger partial charge in [-0.2, -0.15) is 0 Å². The van der Waals surface area contributed by atoms with E-state index in [4.69, 9.17) is 0 Å². The van der Waals surface area contributed by atoms with Crippen molar-refractivity contribution in [2.24, 2.45) is 11.8 Å². The number of carbonyl (C=O) groups is 2. The van der Waals surface area contributed by atoms with Crippen LogP contribution in [0.5, 0.6) is 0 Å². The van der Waals surface area contributed by atoms with Crippen molar-refractivity contribution in [1.82, 2.24) is 4.90 Å². The smallest absolute Gasteiger partial charge is 0.229 e. The molecule has 1 atom stereocenters. The molecule has 1 aliphatic heterocycles. The Balaban J connectivity index is 1.42. The molecular formula is C22H32N2O2. The van der Waals surface area contributed by atoms with Crippen molar-refractivity contribution < 1.29 is 9.59 Å². The molecule has 2 aliphatic rings. The topological polar surface area (TPSA) is 49.4 Å². The number of amides is 2. The van der Waals surface area contributed by atoms with E-state index in [0.29, 0.717) is 13.0 Å². The molecular weight excluding hydrogens is 324 g/mol.